The lowest BCUT2D eigenvalue weighted by Crippen LogP contribution is -2.19. The van der Waals surface area contributed by atoms with Crippen molar-refractivity contribution in [1.82, 2.24) is 4.98 Å². The number of benzene rings is 1. The number of thioether (sulfide) groups is 1. The van der Waals surface area contributed by atoms with Crippen molar-refractivity contribution in [3.05, 3.63) is 46.3 Å². The van der Waals surface area contributed by atoms with E-state index in [9.17, 15) is 9.59 Å². The Labute approximate surface area is 168 Å². The van der Waals surface area contributed by atoms with E-state index in [1.165, 1.54) is 0 Å². The molecule has 6 nitrogen and oxygen atoms in total. The van der Waals surface area contributed by atoms with Crippen LogP contribution in [-0.4, -0.2) is 49.6 Å². The van der Waals surface area contributed by atoms with Gasteiger partial charge in [-0.2, -0.15) is 11.8 Å². The lowest BCUT2D eigenvalue weighted by molar-refractivity contribution is 0.0523. The molecule has 7 heteroatoms. The van der Waals surface area contributed by atoms with Crippen molar-refractivity contribution in [2.75, 3.05) is 32.8 Å². The van der Waals surface area contributed by atoms with Crippen LogP contribution in [0, 0.1) is 6.92 Å². The van der Waals surface area contributed by atoms with Crippen molar-refractivity contribution in [1.29, 1.82) is 0 Å². The minimum atomic E-state index is -0.413. The molecule has 1 unspecified atom stereocenters. The smallest absolute Gasteiger partial charge is 0.355 e. The first-order valence-corrected chi connectivity index (χ1v) is 10.5. The molecule has 2 aromatic rings. The molecule has 0 aliphatic heterocycles. The maximum absolute atomic E-state index is 12.9. The van der Waals surface area contributed by atoms with Crippen LogP contribution in [0.5, 0.6) is 11.5 Å². The van der Waals surface area contributed by atoms with Crippen LogP contribution in [0.25, 0.3) is 0 Å². The topological polar surface area (TPSA) is 77.6 Å². The largest absolute Gasteiger partial charge is 0.497 e. The second kappa shape index (κ2) is 8.73. The fourth-order valence-electron chi connectivity index (χ4n) is 3.71. The average molecular weight is 404 g/mol. The number of ketones is 1. The fraction of sp³-hybridized carbons (Fsp3) is 0.429. The number of hydrogen-bond donors (Lipinski definition) is 1. The van der Waals surface area contributed by atoms with Crippen LogP contribution in [0.2, 0.25) is 0 Å². The predicted molar refractivity (Wildman–Crippen MR) is 109 cm³/mol. The summed E-state index contributed by atoms with van der Waals surface area (Å²) in [4.78, 5) is 28.4. The normalized spacial score (nSPS) is 15.9. The maximum atomic E-state index is 12.9. The summed E-state index contributed by atoms with van der Waals surface area (Å²) in [5, 5.41) is 0. The van der Waals surface area contributed by atoms with Gasteiger partial charge in [0.05, 0.1) is 14.2 Å². The van der Waals surface area contributed by atoms with Crippen LogP contribution in [0.3, 0.4) is 0 Å². The Bertz CT molecular complexity index is 889. The number of carbonyl (C=O) groups is 2. The minimum Gasteiger partial charge on any atom is -0.497 e. The highest BCUT2D eigenvalue weighted by atomic mass is 32.2. The number of aromatic nitrogens is 1. The maximum Gasteiger partial charge on any atom is 0.355 e. The van der Waals surface area contributed by atoms with Gasteiger partial charge in [0.15, 0.2) is 5.78 Å². The first kappa shape index (κ1) is 20.3. The molecule has 0 radical (unpaired) electrons. The summed E-state index contributed by atoms with van der Waals surface area (Å²) in [7, 11) is 3.22. The lowest BCUT2D eigenvalue weighted by Gasteiger charge is -2.24. The summed E-state index contributed by atoms with van der Waals surface area (Å²) in [6.45, 7) is 2.14. The fourth-order valence-corrected chi connectivity index (χ4v) is 3.96. The van der Waals surface area contributed by atoms with E-state index in [1.807, 2.05) is 24.5 Å². The van der Waals surface area contributed by atoms with Crippen molar-refractivity contribution >= 4 is 23.5 Å². The zero-order chi connectivity index (χ0) is 20.3. The van der Waals surface area contributed by atoms with Gasteiger partial charge in [0, 0.05) is 34.9 Å². The Hall–Kier alpha value is -2.41. The van der Waals surface area contributed by atoms with Crippen LogP contribution >= 0.6 is 11.8 Å². The molecular formula is C21H25NO5S. The number of hydrogen-bond acceptors (Lipinski definition) is 6. The molecule has 1 aromatic heterocycles. The Balaban J connectivity index is 1.90. The summed E-state index contributed by atoms with van der Waals surface area (Å²) >= 11 is 1.61. The van der Waals surface area contributed by atoms with E-state index < -0.39 is 5.97 Å². The van der Waals surface area contributed by atoms with Crippen LogP contribution < -0.4 is 9.47 Å². The van der Waals surface area contributed by atoms with E-state index in [2.05, 4.69) is 4.98 Å². The van der Waals surface area contributed by atoms with E-state index in [0.717, 1.165) is 28.5 Å². The van der Waals surface area contributed by atoms with Gasteiger partial charge in [-0.15, -0.1) is 0 Å². The highest BCUT2D eigenvalue weighted by molar-refractivity contribution is 7.98. The molecule has 1 N–H and O–H groups in total. The SMILES string of the molecule is COc1ccc(OC)c(C2CC(=O)c3c([nH]c(C(=O)OCCSC)c3C)C2)c1. The molecule has 1 aliphatic rings. The number of Topliss-reactive ketones (excluding diaryl/α,β-unsaturated/α-hetero) is 1. The molecule has 1 aromatic carbocycles. The number of esters is 1. The molecule has 28 heavy (non-hydrogen) atoms. The molecule has 1 heterocycles. The van der Waals surface area contributed by atoms with Crippen molar-refractivity contribution in [2.45, 2.75) is 25.7 Å². The zero-order valence-corrected chi connectivity index (χ0v) is 17.4. The second-order valence-electron chi connectivity index (χ2n) is 6.74. The number of ether oxygens (including phenoxy) is 3. The Morgan fingerprint density at radius 3 is 2.71 bits per heavy atom. The molecule has 0 saturated heterocycles. The summed E-state index contributed by atoms with van der Waals surface area (Å²) in [5.41, 5.74) is 3.37. The number of H-pyrrole nitrogens is 1. The molecule has 3 rings (SSSR count). The molecule has 0 spiro atoms. The molecule has 0 fully saturated rings. The van der Waals surface area contributed by atoms with Gasteiger partial charge in [-0.1, -0.05) is 0 Å². The van der Waals surface area contributed by atoms with Gasteiger partial charge in [0.1, 0.15) is 23.8 Å². The Morgan fingerprint density at radius 1 is 1.25 bits per heavy atom. The van der Waals surface area contributed by atoms with Crippen molar-refractivity contribution in [2.24, 2.45) is 0 Å². The van der Waals surface area contributed by atoms with Gasteiger partial charge in [-0.3, -0.25) is 4.79 Å². The summed E-state index contributed by atoms with van der Waals surface area (Å²) in [6.07, 6.45) is 2.93. The van der Waals surface area contributed by atoms with Crippen LogP contribution in [-0.2, 0) is 11.2 Å². The number of fused-ring (bicyclic) bond motifs is 1. The zero-order valence-electron chi connectivity index (χ0n) is 16.6. The van der Waals surface area contributed by atoms with Gasteiger partial charge in [0.25, 0.3) is 0 Å². The summed E-state index contributed by atoms with van der Waals surface area (Å²) in [6, 6.07) is 5.59. The first-order chi connectivity index (χ1) is 13.5. The van der Waals surface area contributed by atoms with Crippen molar-refractivity contribution in [3.8, 4) is 11.5 Å². The quantitative estimate of drug-likeness (QED) is 0.560. The third-order valence-electron chi connectivity index (χ3n) is 5.09. The predicted octanol–water partition coefficient (Wildman–Crippen LogP) is 3.77. The second-order valence-corrected chi connectivity index (χ2v) is 7.73. The van der Waals surface area contributed by atoms with Crippen LogP contribution in [0.15, 0.2) is 18.2 Å². The van der Waals surface area contributed by atoms with Gasteiger partial charge in [-0.05, 0) is 43.4 Å². The number of carbonyl (C=O) groups excluding carboxylic acids is 2. The molecule has 150 valence electrons. The molecule has 1 aliphatic carbocycles. The van der Waals surface area contributed by atoms with Gasteiger partial charge in [-0.25, -0.2) is 4.79 Å². The molecule has 0 saturated carbocycles. The third kappa shape index (κ3) is 3.90. The Kier molecular flexibility index (Phi) is 6.34. The lowest BCUT2D eigenvalue weighted by atomic mass is 9.81. The molecule has 0 bridgehead atoms. The Morgan fingerprint density at radius 2 is 2.04 bits per heavy atom. The van der Waals surface area contributed by atoms with E-state index in [-0.39, 0.29) is 11.7 Å². The minimum absolute atomic E-state index is 0.0213. The van der Waals surface area contributed by atoms with E-state index in [4.69, 9.17) is 14.2 Å². The van der Waals surface area contributed by atoms with E-state index in [1.54, 1.807) is 32.9 Å². The van der Waals surface area contributed by atoms with Crippen LogP contribution in [0.1, 0.15) is 50.0 Å². The van der Waals surface area contributed by atoms with Gasteiger partial charge < -0.3 is 19.2 Å². The number of nitrogens with one attached hydrogen (secondary N) is 1. The van der Waals surface area contributed by atoms with Gasteiger partial charge >= 0.3 is 5.97 Å². The summed E-state index contributed by atoms with van der Waals surface area (Å²) < 4.78 is 16.1. The molecule has 0 amide bonds. The van der Waals surface area contributed by atoms with Crippen molar-refractivity contribution in [3.63, 3.8) is 0 Å². The molecule has 1 atom stereocenters. The molecular weight excluding hydrogens is 378 g/mol. The number of rotatable bonds is 7. The average Bonchev–Trinajstić information content (AvgIpc) is 3.04. The highest BCUT2D eigenvalue weighted by Crippen LogP contribution is 2.40. The van der Waals surface area contributed by atoms with E-state index in [0.29, 0.717) is 36.3 Å². The van der Waals surface area contributed by atoms with Gasteiger partial charge in [0.2, 0.25) is 0 Å². The third-order valence-corrected chi connectivity index (χ3v) is 5.67. The van der Waals surface area contributed by atoms with Crippen molar-refractivity contribution < 1.29 is 23.8 Å². The first-order valence-electron chi connectivity index (χ1n) is 9.12. The number of methoxy groups -OCH3 is 2. The highest BCUT2D eigenvalue weighted by Gasteiger charge is 2.33. The summed E-state index contributed by atoms with van der Waals surface area (Å²) in [5.74, 6) is 1.74. The number of aromatic amines is 1. The monoisotopic (exact) mass is 403 g/mol. The standard InChI is InChI=1S/C21H25NO5S/c1-12-19-16(22-20(12)21(24)27-7-8-28-4)9-13(10-17(19)23)15-11-14(25-2)5-6-18(15)26-3/h5-6,11,13,22H,7-10H2,1-4H3. The van der Waals surface area contributed by atoms with E-state index >= 15 is 0 Å². The van der Waals surface area contributed by atoms with Crippen LogP contribution in [0.4, 0.5) is 0 Å².